The maximum Gasteiger partial charge on any atom is 0.242 e. The number of sulfonamides is 1. The number of nitrogens with zero attached hydrogens (tertiary/aromatic N) is 1. The maximum atomic E-state index is 12.4. The molecule has 0 aliphatic rings. The van der Waals surface area contributed by atoms with Crippen LogP contribution in [0, 0.1) is 13.8 Å². The molecule has 0 aliphatic heterocycles. The summed E-state index contributed by atoms with van der Waals surface area (Å²) in [6.45, 7) is 9.05. The number of hydrogen-bond acceptors (Lipinski definition) is 5. The van der Waals surface area contributed by atoms with Crippen LogP contribution in [-0.4, -0.2) is 19.1 Å². The molecule has 0 saturated carbocycles. The molecular weight excluding hydrogens is 296 g/mol. The number of aryl methyl sites for hydroxylation is 2. The molecule has 110 valence electrons. The highest BCUT2D eigenvalue weighted by atomic mass is 32.2. The van der Waals surface area contributed by atoms with E-state index in [9.17, 15) is 8.42 Å². The Morgan fingerprint density at radius 1 is 1.25 bits per heavy atom. The van der Waals surface area contributed by atoms with Crippen LogP contribution in [0.4, 0.5) is 0 Å². The molecule has 0 atom stereocenters. The van der Waals surface area contributed by atoms with Crippen molar-refractivity contribution in [2.75, 3.05) is 0 Å². The zero-order valence-corrected chi connectivity index (χ0v) is 13.8. The second kappa shape index (κ2) is 4.98. The third kappa shape index (κ3) is 3.28. The van der Waals surface area contributed by atoms with E-state index in [4.69, 9.17) is 4.52 Å². The smallest absolute Gasteiger partial charge is 0.242 e. The normalized spacial score (nSPS) is 12.8. The van der Waals surface area contributed by atoms with E-state index >= 15 is 0 Å². The van der Waals surface area contributed by atoms with E-state index < -0.39 is 15.6 Å². The Morgan fingerprint density at radius 2 is 1.90 bits per heavy atom. The fourth-order valence-electron chi connectivity index (χ4n) is 1.79. The quantitative estimate of drug-likeness (QED) is 0.945. The van der Waals surface area contributed by atoms with Crippen molar-refractivity contribution in [2.45, 2.75) is 45.1 Å². The lowest BCUT2D eigenvalue weighted by atomic mass is 10.1. The molecule has 7 heteroatoms. The van der Waals surface area contributed by atoms with E-state index in [-0.39, 0.29) is 0 Å². The van der Waals surface area contributed by atoms with Gasteiger partial charge in [-0.1, -0.05) is 5.16 Å². The van der Waals surface area contributed by atoms with E-state index in [0.29, 0.717) is 10.7 Å². The second-order valence-electron chi connectivity index (χ2n) is 5.72. The summed E-state index contributed by atoms with van der Waals surface area (Å²) in [5.41, 5.74) is 0.249. The minimum absolute atomic E-state index is 0.293. The Hall–Kier alpha value is -1.18. The second-order valence-corrected chi connectivity index (χ2v) is 8.63. The van der Waals surface area contributed by atoms with Gasteiger partial charge in [-0.15, -0.1) is 11.3 Å². The van der Waals surface area contributed by atoms with Crippen molar-refractivity contribution < 1.29 is 12.9 Å². The predicted octanol–water partition coefficient (Wildman–Crippen LogP) is 3.10. The summed E-state index contributed by atoms with van der Waals surface area (Å²) in [6.07, 6.45) is 0. The molecule has 0 radical (unpaired) electrons. The average Bonchev–Trinajstić information content (AvgIpc) is 2.81. The lowest BCUT2D eigenvalue weighted by Gasteiger charge is -2.20. The first kappa shape index (κ1) is 15.2. The zero-order valence-electron chi connectivity index (χ0n) is 12.1. The molecule has 0 fully saturated rings. The van der Waals surface area contributed by atoms with Gasteiger partial charge in [0.1, 0.15) is 0 Å². The Bertz CT molecular complexity index is 721. The third-order valence-corrected chi connectivity index (χ3v) is 5.55. The summed E-state index contributed by atoms with van der Waals surface area (Å²) >= 11 is 1.38. The fraction of sp³-hybridized carbons (Fsp3) is 0.462. The number of hydrogen-bond donors (Lipinski definition) is 1. The van der Waals surface area contributed by atoms with Gasteiger partial charge in [0.15, 0.2) is 5.76 Å². The molecule has 2 heterocycles. The summed E-state index contributed by atoms with van der Waals surface area (Å²) < 4.78 is 32.6. The van der Waals surface area contributed by atoms with Gasteiger partial charge in [0.2, 0.25) is 10.0 Å². The molecule has 2 aromatic rings. The summed E-state index contributed by atoms with van der Waals surface area (Å²) in [6, 6.07) is 3.42. The Balaban J connectivity index is 2.42. The standard InChI is InChI=1S/C13H18N2O3S2/c1-8-6-10(18-14-8)11-7-12(9(2)19-11)20(16,17)15-13(3,4)5/h6-7,15H,1-5H3. The summed E-state index contributed by atoms with van der Waals surface area (Å²) in [7, 11) is -3.53. The lowest BCUT2D eigenvalue weighted by Crippen LogP contribution is -2.40. The van der Waals surface area contributed by atoms with E-state index in [1.54, 1.807) is 19.1 Å². The van der Waals surface area contributed by atoms with Crippen molar-refractivity contribution in [3.8, 4) is 10.6 Å². The van der Waals surface area contributed by atoms with E-state index in [2.05, 4.69) is 9.88 Å². The molecule has 0 amide bonds. The molecule has 20 heavy (non-hydrogen) atoms. The van der Waals surface area contributed by atoms with Gasteiger partial charge in [0.05, 0.1) is 15.5 Å². The average molecular weight is 314 g/mol. The molecule has 0 aromatic carbocycles. The highest BCUT2D eigenvalue weighted by Gasteiger charge is 2.26. The molecule has 2 rings (SSSR count). The first-order valence-corrected chi connectivity index (χ1v) is 8.46. The van der Waals surface area contributed by atoms with Crippen LogP contribution in [0.2, 0.25) is 0 Å². The summed E-state index contributed by atoms with van der Waals surface area (Å²) in [5, 5.41) is 3.82. The number of thiophene rings is 1. The Labute approximate surface area is 123 Å². The van der Waals surface area contributed by atoms with Crippen molar-refractivity contribution in [3.63, 3.8) is 0 Å². The topological polar surface area (TPSA) is 72.2 Å². The monoisotopic (exact) mass is 314 g/mol. The van der Waals surface area contributed by atoms with E-state index in [1.165, 1.54) is 11.3 Å². The largest absolute Gasteiger partial charge is 0.355 e. The van der Waals surface area contributed by atoms with Crippen LogP contribution in [0.3, 0.4) is 0 Å². The zero-order chi connectivity index (χ0) is 15.1. The van der Waals surface area contributed by atoms with Crippen molar-refractivity contribution in [1.29, 1.82) is 0 Å². The van der Waals surface area contributed by atoms with Gasteiger partial charge in [0.25, 0.3) is 0 Å². The predicted molar refractivity (Wildman–Crippen MR) is 79.4 cm³/mol. The van der Waals surface area contributed by atoms with E-state index in [1.807, 2.05) is 27.7 Å². The Morgan fingerprint density at radius 3 is 2.40 bits per heavy atom. The molecule has 0 saturated heterocycles. The number of nitrogens with one attached hydrogen (secondary N) is 1. The van der Waals surface area contributed by atoms with Crippen LogP contribution < -0.4 is 4.72 Å². The summed E-state index contributed by atoms with van der Waals surface area (Å²) in [5.74, 6) is 0.591. The van der Waals surface area contributed by atoms with Gasteiger partial charge >= 0.3 is 0 Å². The lowest BCUT2D eigenvalue weighted by molar-refractivity contribution is 0.428. The molecule has 2 aromatic heterocycles. The van der Waals surface area contributed by atoms with Crippen molar-refractivity contribution in [1.82, 2.24) is 9.88 Å². The van der Waals surface area contributed by atoms with Gasteiger partial charge in [-0.25, -0.2) is 13.1 Å². The van der Waals surface area contributed by atoms with Gasteiger partial charge in [0, 0.05) is 16.5 Å². The highest BCUT2D eigenvalue weighted by Crippen LogP contribution is 2.34. The SMILES string of the molecule is Cc1cc(-c2cc(S(=O)(=O)NC(C)(C)C)c(C)s2)on1. The third-order valence-electron chi connectivity index (χ3n) is 2.47. The minimum Gasteiger partial charge on any atom is -0.355 e. The fourth-order valence-corrected chi connectivity index (χ4v) is 4.75. The molecule has 0 spiro atoms. The summed E-state index contributed by atoms with van der Waals surface area (Å²) in [4.78, 5) is 1.78. The van der Waals surface area contributed by atoms with Crippen molar-refractivity contribution in [3.05, 3.63) is 22.7 Å². The molecule has 5 nitrogen and oxygen atoms in total. The van der Waals surface area contributed by atoms with Crippen molar-refractivity contribution >= 4 is 21.4 Å². The van der Waals surface area contributed by atoms with Gasteiger partial charge in [-0.3, -0.25) is 0 Å². The van der Waals surface area contributed by atoms with Crippen LogP contribution in [0.15, 0.2) is 21.6 Å². The van der Waals surface area contributed by atoms with Gasteiger partial charge in [-0.2, -0.15) is 0 Å². The van der Waals surface area contributed by atoms with Gasteiger partial charge in [-0.05, 0) is 40.7 Å². The minimum atomic E-state index is -3.53. The molecule has 0 unspecified atom stereocenters. The Kier molecular flexibility index (Phi) is 3.79. The number of rotatable bonds is 3. The van der Waals surface area contributed by atoms with Crippen LogP contribution in [0.1, 0.15) is 31.3 Å². The first-order valence-electron chi connectivity index (χ1n) is 6.16. The van der Waals surface area contributed by atoms with E-state index in [0.717, 1.165) is 15.4 Å². The van der Waals surface area contributed by atoms with Crippen LogP contribution in [0.5, 0.6) is 0 Å². The maximum absolute atomic E-state index is 12.4. The molecule has 1 N–H and O–H groups in total. The molecule has 0 aliphatic carbocycles. The highest BCUT2D eigenvalue weighted by molar-refractivity contribution is 7.89. The van der Waals surface area contributed by atoms with Crippen LogP contribution in [0.25, 0.3) is 10.6 Å². The number of aromatic nitrogens is 1. The molecular formula is C13H18N2O3S2. The van der Waals surface area contributed by atoms with Crippen LogP contribution >= 0.6 is 11.3 Å². The van der Waals surface area contributed by atoms with Crippen LogP contribution in [-0.2, 0) is 10.0 Å². The molecule has 0 bridgehead atoms. The first-order chi connectivity index (χ1) is 9.08. The van der Waals surface area contributed by atoms with Crippen molar-refractivity contribution in [2.24, 2.45) is 0 Å². The van der Waals surface area contributed by atoms with Gasteiger partial charge < -0.3 is 4.52 Å².